The average molecular weight is 294 g/mol. The zero-order valence-electron chi connectivity index (χ0n) is 12.5. The minimum atomic E-state index is -0.699. The van der Waals surface area contributed by atoms with Gasteiger partial charge in [-0.3, -0.25) is 4.79 Å². The van der Waals surface area contributed by atoms with Gasteiger partial charge in [0.15, 0.2) is 0 Å². The van der Waals surface area contributed by atoms with E-state index in [4.69, 9.17) is 5.11 Å². The Balaban J connectivity index is 1.35. The van der Waals surface area contributed by atoms with Crippen molar-refractivity contribution < 1.29 is 14.7 Å². The summed E-state index contributed by atoms with van der Waals surface area (Å²) in [5.74, 6) is 1.47. The van der Waals surface area contributed by atoms with Gasteiger partial charge < -0.3 is 15.7 Å². The number of carbonyl (C=O) groups is 2. The standard InChI is InChI=1S/C16H26N2O3/c19-15(20)12-5-7-13(8-6-12)18-16(21)17-9-14(10-1-2-10)11-3-4-11/h10-14H,1-9H2,(H,19,20)(H2,17,18,21). The molecule has 0 aromatic heterocycles. The number of carbonyl (C=O) groups excluding carboxylic acids is 1. The van der Waals surface area contributed by atoms with Gasteiger partial charge in [-0.1, -0.05) is 0 Å². The third-order valence-electron chi connectivity index (χ3n) is 5.36. The average Bonchev–Trinajstić information content (AvgIpc) is 3.33. The maximum atomic E-state index is 12.0. The molecule has 0 heterocycles. The largest absolute Gasteiger partial charge is 0.481 e. The molecule has 2 amide bonds. The van der Waals surface area contributed by atoms with Crippen LogP contribution in [0.15, 0.2) is 0 Å². The lowest BCUT2D eigenvalue weighted by Gasteiger charge is -2.27. The van der Waals surface area contributed by atoms with E-state index < -0.39 is 5.97 Å². The number of aliphatic carboxylic acids is 1. The Hall–Kier alpha value is -1.26. The van der Waals surface area contributed by atoms with Gasteiger partial charge in [0.25, 0.3) is 0 Å². The fourth-order valence-corrected chi connectivity index (χ4v) is 3.70. The normalized spacial score (nSPS) is 29.2. The van der Waals surface area contributed by atoms with E-state index in [1.807, 2.05) is 0 Å². The van der Waals surface area contributed by atoms with Crippen LogP contribution in [0.3, 0.4) is 0 Å². The molecule has 0 unspecified atom stereocenters. The summed E-state index contributed by atoms with van der Waals surface area (Å²) in [6.45, 7) is 0.811. The molecular formula is C16H26N2O3. The number of amides is 2. The fraction of sp³-hybridized carbons (Fsp3) is 0.875. The third-order valence-corrected chi connectivity index (χ3v) is 5.36. The van der Waals surface area contributed by atoms with Crippen molar-refractivity contribution in [1.29, 1.82) is 0 Å². The Labute approximate surface area is 125 Å². The second-order valence-electron chi connectivity index (χ2n) is 7.08. The number of hydrogen-bond donors (Lipinski definition) is 3. The Bertz CT molecular complexity index is 384. The number of hydrogen-bond acceptors (Lipinski definition) is 2. The lowest BCUT2D eigenvalue weighted by Crippen LogP contribution is -2.45. The molecule has 5 nitrogen and oxygen atoms in total. The lowest BCUT2D eigenvalue weighted by molar-refractivity contribution is -0.142. The summed E-state index contributed by atoms with van der Waals surface area (Å²) in [5, 5.41) is 15.0. The maximum Gasteiger partial charge on any atom is 0.315 e. The highest BCUT2D eigenvalue weighted by Gasteiger charge is 2.41. The first-order valence-electron chi connectivity index (χ1n) is 8.40. The quantitative estimate of drug-likeness (QED) is 0.703. The van der Waals surface area contributed by atoms with Gasteiger partial charge >= 0.3 is 12.0 Å². The molecule has 3 aliphatic rings. The summed E-state index contributed by atoms with van der Waals surface area (Å²) in [7, 11) is 0. The van der Waals surface area contributed by atoms with E-state index in [1.165, 1.54) is 25.7 Å². The summed E-state index contributed by atoms with van der Waals surface area (Å²) in [6.07, 6.45) is 8.25. The van der Waals surface area contributed by atoms with Crippen molar-refractivity contribution in [2.45, 2.75) is 57.4 Å². The SMILES string of the molecule is O=C(NCC(C1CC1)C1CC1)NC1CCC(C(=O)O)CC1. The van der Waals surface area contributed by atoms with E-state index >= 15 is 0 Å². The summed E-state index contributed by atoms with van der Waals surface area (Å²) in [5.41, 5.74) is 0. The van der Waals surface area contributed by atoms with Crippen LogP contribution in [0, 0.1) is 23.7 Å². The molecule has 3 N–H and O–H groups in total. The molecule has 0 saturated heterocycles. The van der Waals surface area contributed by atoms with Crippen molar-refractivity contribution in [2.24, 2.45) is 23.7 Å². The van der Waals surface area contributed by atoms with Crippen LogP contribution in [0.1, 0.15) is 51.4 Å². The van der Waals surface area contributed by atoms with Crippen LogP contribution in [-0.4, -0.2) is 29.7 Å². The molecule has 118 valence electrons. The van der Waals surface area contributed by atoms with E-state index in [-0.39, 0.29) is 18.0 Å². The molecule has 0 spiro atoms. The van der Waals surface area contributed by atoms with Crippen LogP contribution in [0.5, 0.6) is 0 Å². The van der Waals surface area contributed by atoms with Crippen LogP contribution in [0.25, 0.3) is 0 Å². The van der Waals surface area contributed by atoms with Gasteiger partial charge in [-0.15, -0.1) is 0 Å². The molecule has 3 fully saturated rings. The minimum Gasteiger partial charge on any atom is -0.481 e. The minimum absolute atomic E-state index is 0.0694. The highest BCUT2D eigenvalue weighted by molar-refractivity contribution is 5.74. The predicted molar refractivity (Wildman–Crippen MR) is 78.9 cm³/mol. The van der Waals surface area contributed by atoms with Crippen LogP contribution >= 0.6 is 0 Å². The molecule has 0 bridgehead atoms. The van der Waals surface area contributed by atoms with Gasteiger partial charge in [-0.2, -0.15) is 0 Å². The molecule has 21 heavy (non-hydrogen) atoms. The van der Waals surface area contributed by atoms with E-state index in [1.54, 1.807) is 0 Å². The zero-order valence-corrected chi connectivity index (χ0v) is 12.5. The number of urea groups is 1. The van der Waals surface area contributed by atoms with Crippen LogP contribution < -0.4 is 10.6 Å². The summed E-state index contributed by atoms with van der Waals surface area (Å²) in [4.78, 5) is 22.9. The molecule has 0 aromatic rings. The van der Waals surface area contributed by atoms with Crippen molar-refractivity contribution in [1.82, 2.24) is 10.6 Å². The highest BCUT2D eigenvalue weighted by atomic mass is 16.4. The smallest absolute Gasteiger partial charge is 0.315 e. The van der Waals surface area contributed by atoms with Gasteiger partial charge in [0.2, 0.25) is 0 Å². The Kier molecular flexibility index (Phi) is 4.36. The second kappa shape index (κ2) is 6.24. The lowest BCUT2D eigenvalue weighted by atomic mass is 9.86. The van der Waals surface area contributed by atoms with Gasteiger partial charge in [0.1, 0.15) is 0 Å². The topological polar surface area (TPSA) is 78.4 Å². The molecule has 0 radical (unpaired) electrons. The van der Waals surface area contributed by atoms with E-state index in [0.717, 1.165) is 31.2 Å². The fourth-order valence-electron chi connectivity index (χ4n) is 3.70. The number of rotatable bonds is 6. The number of carboxylic acids is 1. The summed E-state index contributed by atoms with van der Waals surface area (Å²) < 4.78 is 0. The predicted octanol–water partition coefficient (Wildman–Crippen LogP) is 2.37. The third kappa shape index (κ3) is 4.11. The maximum absolute atomic E-state index is 12.0. The first-order chi connectivity index (χ1) is 10.1. The first-order valence-corrected chi connectivity index (χ1v) is 8.40. The molecular weight excluding hydrogens is 268 g/mol. The molecule has 0 aromatic carbocycles. The Morgan fingerprint density at radius 1 is 0.952 bits per heavy atom. The van der Waals surface area contributed by atoms with Crippen molar-refractivity contribution >= 4 is 12.0 Å². The molecule has 3 rings (SSSR count). The zero-order chi connectivity index (χ0) is 14.8. The van der Waals surface area contributed by atoms with E-state index in [2.05, 4.69) is 10.6 Å². The van der Waals surface area contributed by atoms with Crippen molar-refractivity contribution in [3.63, 3.8) is 0 Å². The van der Waals surface area contributed by atoms with E-state index in [9.17, 15) is 9.59 Å². The van der Waals surface area contributed by atoms with Crippen LogP contribution in [0.2, 0.25) is 0 Å². The van der Waals surface area contributed by atoms with Gasteiger partial charge in [0, 0.05) is 12.6 Å². The second-order valence-corrected chi connectivity index (χ2v) is 7.08. The van der Waals surface area contributed by atoms with Crippen molar-refractivity contribution in [3.05, 3.63) is 0 Å². The van der Waals surface area contributed by atoms with Gasteiger partial charge in [-0.25, -0.2) is 4.79 Å². The molecule has 0 atom stereocenters. The Morgan fingerprint density at radius 3 is 2.00 bits per heavy atom. The summed E-state index contributed by atoms with van der Waals surface area (Å²) >= 11 is 0. The number of nitrogens with one attached hydrogen (secondary N) is 2. The van der Waals surface area contributed by atoms with Gasteiger partial charge in [0.05, 0.1) is 5.92 Å². The van der Waals surface area contributed by atoms with Crippen LogP contribution in [0.4, 0.5) is 4.79 Å². The van der Waals surface area contributed by atoms with Crippen LogP contribution in [-0.2, 0) is 4.79 Å². The molecule has 5 heteroatoms. The number of carboxylic acid groups (broad SMARTS) is 1. The monoisotopic (exact) mass is 294 g/mol. The van der Waals surface area contributed by atoms with Crippen molar-refractivity contribution in [3.8, 4) is 0 Å². The Morgan fingerprint density at radius 2 is 1.52 bits per heavy atom. The molecule has 3 aliphatic carbocycles. The first kappa shape index (κ1) is 14.7. The van der Waals surface area contributed by atoms with Gasteiger partial charge in [-0.05, 0) is 69.1 Å². The van der Waals surface area contributed by atoms with E-state index in [0.29, 0.717) is 18.8 Å². The molecule has 3 saturated carbocycles. The highest BCUT2D eigenvalue weighted by Crippen LogP contribution is 2.48. The van der Waals surface area contributed by atoms with Crippen molar-refractivity contribution in [2.75, 3.05) is 6.54 Å². The molecule has 0 aliphatic heterocycles. The summed E-state index contributed by atoms with van der Waals surface area (Å²) in [6, 6.07) is 0.0703.